The zero-order chi connectivity index (χ0) is 21.4. The lowest BCUT2D eigenvalue weighted by molar-refractivity contribution is -0.137. The summed E-state index contributed by atoms with van der Waals surface area (Å²) in [6.45, 7) is 19.9. The summed E-state index contributed by atoms with van der Waals surface area (Å²) in [5.74, 6) is 3.09. The molecule has 4 nitrogen and oxygen atoms in total. The molecule has 2 atom stereocenters. The monoisotopic (exact) mass is 410 g/mol. The number of hydrogen-bond acceptors (Lipinski definition) is 2. The van der Waals surface area contributed by atoms with Crippen LogP contribution in [0.3, 0.4) is 0 Å². The van der Waals surface area contributed by atoms with Gasteiger partial charge in [0.2, 0.25) is 11.8 Å². The van der Waals surface area contributed by atoms with Crippen LogP contribution in [0.15, 0.2) is 0 Å². The maximum atomic E-state index is 11.9. The van der Waals surface area contributed by atoms with Gasteiger partial charge in [-0.1, -0.05) is 62.8 Å². The fourth-order valence-corrected chi connectivity index (χ4v) is 4.37. The second-order valence-electron chi connectivity index (χ2n) is 10.2. The molecule has 2 aliphatic heterocycles. The Balaban J connectivity index is 0.000000523. The van der Waals surface area contributed by atoms with Gasteiger partial charge in [-0.05, 0) is 49.9 Å². The molecule has 0 aliphatic carbocycles. The third-order valence-corrected chi connectivity index (χ3v) is 6.10. The molecule has 2 fully saturated rings. The van der Waals surface area contributed by atoms with Crippen molar-refractivity contribution in [3.63, 3.8) is 0 Å². The molecule has 0 bridgehead atoms. The van der Waals surface area contributed by atoms with E-state index in [4.69, 9.17) is 0 Å². The minimum Gasteiger partial charge on any atom is -0.342 e. The van der Waals surface area contributed by atoms with Crippen LogP contribution >= 0.6 is 0 Å². The molecule has 2 unspecified atom stereocenters. The Bertz CT molecular complexity index is 485. The summed E-state index contributed by atoms with van der Waals surface area (Å²) in [7, 11) is 0. The van der Waals surface area contributed by atoms with Crippen molar-refractivity contribution in [3.8, 4) is 0 Å². The van der Waals surface area contributed by atoms with Crippen molar-refractivity contribution in [2.75, 3.05) is 19.6 Å². The first-order chi connectivity index (χ1) is 13.0. The van der Waals surface area contributed by atoms with E-state index in [-0.39, 0.29) is 19.3 Å². The van der Waals surface area contributed by atoms with E-state index < -0.39 is 0 Å². The van der Waals surface area contributed by atoms with Crippen LogP contribution in [0.4, 0.5) is 0 Å². The highest BCUT2D eigenvalue weighted by atomic mass is 16.2. The zero-order valence-electron chi connectivity index (χ0n) is 19.8. The molecule has 2 aliphatic rings. The van der Waals surface area contributed by atoms with Crippen molar-refractivity contribution in [1.82, 2.24) is 9.80 Å². The van der Waals surface area contributed by atoms with Crippen LogP contribution in [0, 0.1) is 29.6 Å². The van der Waals surface area contributed by atoms with E-state index in [9.17, 15) is 9.59 Å². The van der Waals surface area contributed by atoms with Crippen molar-refractivity contribution in [3.05, 3.63) is 0 Å². The van der Waals surface area contributed by atoms with Gasteiger partial charge in [0, 0.05) is 37.5 Å². The molecule has 0 radical (unpaired) electrons. The SMILES string of the molecule is C.CC(C)C(=O)N1CCCC(C(C)C)C1.CC(C)CC1CCCN1C(=O)C(C)C. The van der Waals surface area contributed by atoms with Gasteiger partial charge in [-0.25, -0.2) is 0 Å². The van der Waals surface area contributed by atoms with E-state index in [1.54, 1.807) is 0 Å². The van der Waals surface area contributed by atoms with Crippen LogP contribution in [0.2, 0.25) is 0 Å². The van der Waals surface area contributed by atoms with Crippen molar-refractivity contribution in [2.45, 2.75) is 101 Å². The first-order valence-corrected chi connectivity index (χ1v) is 11.6. The van der Waals surface area contributed by atoms with Crippen LogP contribution in [-0.2, 0) is 9.59 Å². The predicted molar refractivity (Wildman–Crippen MR) is 125 cm³/mol. The molecule has 0 saturated carbocycles. The Kier molecular flexibility index (Phi) is 12.8. The maximum absolute atomic E-state index is 11.9. The number of carbonyl (C=O) groups is 2. The number of hydrogen-bond donors (Lipinski definition) is 0. The Morgan fingerprint density at radius 1 is 0.828 bits per heavy atom. The van der Waals surface area contributed by atoms with Crippen LogP contribution in [0.1, 0.15) is 94.9 Å². The number of amides is 2. The topological polar surface area (TPSA) is 40.6 Å². The van der Waals surface area contributed by atoms with Gasteiger partial charge in [0.15, 0.2) is 0 Å². The molecule has 172 valence electrons. The second kappa shape index (κ2) is 13.3. The molecule has 0 N–H and O–H groups in total. The van der Waals surface area contributed by atoms with E-state index in [1.807, 2.05) is 27.7 Å². The van der Waals surface area contributed by atoms with E-state index in [1.165, 1.54) is 32.1 Å². The zero-order valence-corrected chi connectivity index (χ0v) is 19.8. The molecular weight excluding hydrogens is 360 g/mol. The molecule has 2 rings (SSSR count). The third-order valence-electron chi connectivity index (χ3n) is 6.10. The van der Waals surface area contributed by atoms with E-state index in [0.717, 1.165) is 19.6 Å². The highest BCUT2D eigenvalue weighted by molar-refractivity contribution is 5.78. The molecular formula is C25H50N2O2. The van der Waals surface area contributed by atoms with Crippen LogP contribution in [0.5, 0.6) is 0 Å². The van der Waals surface area contributed by atoms with Gasteiger partial charge in [-0.2, -0.15) is 0 Å². The highest BCUT2D eigenvalue weighted by Gasteiger charge is 2.30. The molecule has 0 aromatic rings. The average Bonchev–Trinajstić information content (AvgIpc) is 3.08. The van der Waals surface area contributed by atoms with Gasteiger partial charge in [-0.3, -0.25) is 9.59 Å². The Morgan fingerprint density at radius 2 is 1.38 bits per heavy atom. The Morgan fingerprint density at radius 3 is 1.86 bits per heavy atom. The molecule has 0 aromatic heterocycles. The van der Waals surface area contributed by atoms with Crippen LogP contribution in [-0.4, -0.2) is 47.3 Å². The van der Waals surface area contributed by atoms with Gasteiger partial charge >= 0.3 is 0 Å². The first kappa shape index (κ1) is 27.9. The van der Waals surface area contributed by atoms with Gasteiger partial charge in [0.05, 0.1) is 0 Å². The van der Waals surface area contributed by atoms with Crippen molar-refractivity contribution < 1.29 is 9.59 Å². The Hall–Kier alpha value is -1.06. The van der Waals surface area contributed by atoms with E-state index in [0.29, 0.717) is 35.6 Å². The highest BCUT2D eigenvalue weighted by Crippen LogP contribution is 2.25. The molecule has 4 heteroatoms. The van der Waals surface area contributed by atoms with Gasteiger partial charge < -0.3 is 9.80 Å². The number of rotatable bonds is 5. The van der Waals surface area contributed by atoms with E-state index in [2.05, 4.69) is 37.5 Å². The van der Waals surface area contributed by atoms with Crippen molar-refractivity contribution in [1.29, 1.82) is 0 Å². The van der Waals surface area contributed by atoms with Crippen LogP contribution < -0.4 is 0 Å². The minimum absolute atomic E-state index is 0. The minimum atomic E-state index is 0. The lowest BCUT2D eigenvalue weighted by atomic mass is 9.87. The van der Waals surface area contributed by atoms with Crippen molar-refractivity contribution in [2.24, 2.45) is 29.6 Å². The van der Waals surface area contributed by atoms with Gasteiger partial charge in [0.25, 0.3) is 0 Å². The van der Waals surface area contributed by atoms with Gasteiger partial charge in [-0.15, -0.1) is 0 Å². The lowest BCUT2D eigenvalue weighted by Crippen LogP contribution is -2.43. The van der Waals surface area contributed by atoms with E-state index >= 15 is 0 Å². The van der Waals surface area contributed by atoms with Gasteiger partial charge in [0.1, 0.15) is 0 Å². The summed E-state index contributed by atoms with van der Waals surface area (Å²) in [5.41, 5.74) is 0. The predicted octanol–water partition coefficient (Wildman–Crippen LogP) is 5.85. The number of carbonyl (C=O) groups excluding carboxylic acids is 2. The summed E-state index contributed by atoms with van der Waals surface area (Å²) in [6, 6.07) is 0.518. The average molecular weight is 411 g/mol. The van der Waals surface area contributed by atoms with Crippen molar-refractivity contribution >= 4 is 11.8 Å². The molecule has 2 heterocycles. The molecule has 29 heavy (non-hydrogen) atoms. The molecule has 2 saturated heterocycles. The smallest absolute Gasteiger partial charge is 0.225 e. The van der Waals surface area contributed by atoms with Crippen LogP contribution in [0.25, 0.3) is 0 Å². The standard InChI is InChI=1S/2C12H23NO.CH4/c1-9(2)11-6-5-7-13(8-11)12(14)10(3)4;1-9(2)8-11-6-5-7-13(11)12(14)10(3)4;/h2*9-11H,5-8H2,1-4H3;1H4. The third kappa shape index (κ3) is 9.09. The fraction of sp³-hybridized carbons (Fsp3) is 0.920. The lowest BCUT2D eigenvalue weighted by Gasteiger charge is -2.35. The first-order valence-electron chi connectivity index (χ1n) is 11.6. The second-order valence-corrected chi connectivity index (χ2v) is 10.2. The normalized spacial score (nSPS) is 22.1. The number of likely N-dealkylation sites (tertiary alicyclic amines) is 2. The summed E-state index contributed by atoms with van der Waals surface area (Å²) in [6.07, 6.45) is 6.03. The summed E-state index contributed by atoms with van der Waals surface area (Å²) in [5, 5.41) is 0. The maximum Gasteiger partial charge on any atom is 0.225 e. The quantitative estimate of drug-likeness (QED) is 0.570. The molecule has 0 spiro atoms. The molecule has 0 aromatic carbocycles. The number of piperidine rings is 1. The number of nitrogens with zero attached hydrogens (tertiary/aromatic N) is 2. The summed E-state index contributed by atoms with van der Waals surface area (Å²) < 4.78 is 0. The fourth-order valence-electron chi connectivity index (χ4n) is 4.37. The Labute approximate surface area is 181 Å². The largest absolute Gasteiger partial charge is 0.342 e. The summed E-state index contributed by atoms with van der Waals surface area (Å²) in [4.78, 5) is 27.8. The summed E-state index contributed by atoms with van der Waals surface area (Å²) >= 11 is 0. The molecule has 2 amide bonds.